The third kappa shape index (κ3) is 3.81. The van der Waals surface area contributed by atoms with Crippen molar-refractivity contribution in [1.82, 2.24) is 15.3 Å². The summed E-state index contributed by atoms with van der Waals surface area (Å²) < 4.78 is 0.604. The van der Waals surface area contributed by atoms with Gasteiger partial charge in [-0.25, -0.2) is 9.97 Å². The zero-order valence-electron chi connectivity index (χ0n) is 9.70. The van der Waals surface area contributed by atoms with Crippen LogP contribution in [0.1, 0.15) is 13.8 Å². The van der Waals surface area contributed by atoms with Crippen molar-refractivity contribution in [1.29, 1.82) is 0 Å². The largest absolute Gasteiger partial charge is 0.355 e. The van der Waals surface area contributed by atoms with Crippen LogP contribution < -0.4 is 10.2 Å². The molecular weight excluding hydrogens is 307 g/mol. The Bertz CT molecular complexity index is 402. The van der Waals surface area contributed by atoms with Crippen LogP contribution in [-0.2, 0) is 4.79 Å². The van der Waals surface area contributed by atoms with Crippen LogP contribution in [0.15, 0.2) is 10.8 Å². The highest BCUT2D eigenvalue weighted by Gasteiger charge is 2.15. The Balaban J connectivity index is 2.86. The fourth-order valence-corrected chi connectivity index (χ4v) is 1.91. The van der Waals surface area contributed by atoms with Gasteiger partial charge in [0.1, 0.15) is 17.3 Å². The number of amides is 1. The molecule has 94 valence electrons. The molecule has 1 heterocycles. The Hall–Kier alpha value is -0.880. The molecule has 0 bridgehead atoms. The highest BCUT2D eigenvalue weighted by Crippen LogP contribution is 2.28. The number of hydrogen-bond donors (Lipinski definition) is 1. The molecule has 7 heteroatoms. The van der Waals surface area contributed by atoms with Gasteiger partial charge in [-0.2, -0.15) is 0 Å². The van der Waals surface area contributed by atoms with E-state index in [2.05, 4.69) is 31.2 Å². The van der Waals surface area contributed by atoms with Crippen molar-refractivity contribution in [2.75, 3.05) is 24.5 Å². The maximum absolute atomic E-state index is 11.5. The Morgan fingerprint density at radius 2 is 2.24 bits per heavy atom. The number of aromatic nitrogens is 2. The van der Waals surface area contributed by atoms with Crippen LogP contribution in [0, 0.1) is 0 Å². The van der Waals surface area contributed by atoms with E-state index in [1.54, 1.807) is 0 Å². The van der Waals surface area contributed by atoms with Gasteiger partial charge in [0.2, 0.25) is 5.91 Å². The first-order chi connectivity index (χ1) is 8.10. The molecule has 0 fully saturated rings. The molecule has 0 saturated carbocycles. The molecule has 1 N–H and O–H groups in total. The molecule has 0 atom stereocenters. The summed E-state index contributed by atoms with van der Waals surface area (Å²) in [6, 6.07) is 0. The topological polar surface area (TPSA) is 58.1 Å². The molecule has 1 amide bonds. The second-order valence-corrected chi connectivity index (χ2v) is 4.42. The van der Waals surface area contributed by atoms with Gasteiger partial charge in [0.15, 0.2) is 0 Å². The summed E-state index contributed by atoms with van der Waals surface area (Å²) in [7, 11) is 0. The standard InChI is InChI=1S/C10H14BrClN4O/c1-3-13-7(17)5-16(4-2)10-8(11)9(12)14-6-15-10/h6H,3-5H2,1-2H3,(H,13,17). The second-order valence-electron chi connectivity index (χ2n) is 3.27. The van der Waals surface area contributed by atoms with Crippen LogP contribution in [-0.4, -0.2) is 35.5 Å². The molecule has 17 heavy (non-hydrogen) atoms. The first kappa shape index (κ1) is 14.2. The molecule has 0 aromatic carbocycles. The lowest BCUT2D eigenvalue weighted by Crippen LogP contribution is -2.37. The number of halogens is 2. The number of anilines is 1. The van der Waals surface area contributed by atoms with Crippen LogP contribution in [0.4, 0.5) is 5.82 Å². The lowest BCUT2D eigenvalue weighted by atomic mass is 10.4. The predicted octanol–water partition coefficient (Wildman–Crippen LogP) is 1.85. The molecule has 1 aromatic rings. The zero-order chi connectivity index (χ0) is 12.8. The summed E-state index contributed by atoms with van der Waals surface area (Å²) in [4.78, 5) is 21.3. The summed E-state index contributed by atoms with van der Waals surface area (Å²) >= 11 is 9.21. The third-order valence-corrected chi connectivity index (χ3v) is 3.36. The molecule has 0 saturated heterocycles. The summed E-state index contributed by atoms with van der Waals surface area (Å²) in [5, 5.41) is 3.08. The number of rotatable bonds is 5. The highest BCUT2D eigenvalue weighted by atomic mass is 79.9. The SMILES string of the molecule is CCNC(=O)CN(CC)c1ncnc(Cl)c1Br. The van der Waals surface area contributed by atoms with Crippen LogP contribution in [0.3, 0.4) is 0 Å². The Morgan fingerprint density at radius 1 is 1.53 bits per heavy atom. The van der Waals surface area contributed by atoms with Crippen molar-refractivity contribution in [3.05, 3.63) is 16.0 Å². The number of nitrogens with one attached hydrogen (secondary N) is 1. The van der Waals surface area contributed by atoms with E-state index in [0.717, 1.165) is 0 Å². The number of carbonyl (C=O) groups excluding carboxylic acids is 1. The number of nitrogens with zero attached hydrogens (tertiary/aromatic N) is 3. The molecule has 0 aliphatic rings. The van der Waals surface area contributed by atoms with Crippen molar-refractivity contribution in [2.45, 2.75) is 13.8 Å². The maximum Gasteiger partial charge on any atom is 0.239 e. The molecule has 0 aliphatic carbocycles. The lowest BCUT2D eigenvalue weighted by Gasteiger charge is -2.22. The van der Waals surface area contributed by atoms with E-state index in [-0.39, 0.29) is 12.5 Å². The fourth-order valence-electron chi connectivity index (χ4n) is 1.32. The zero-order valence-corrected chi connectivity index (χ0v) is 12.0. The van der Waals surface area contributed by atoms with Gasteiger partial charge in [0.05, 0.1) is 11.0 Å². The Kier molecular flexibility index (Phi) is 5.64. The minimum Gasteiger partial charge on any atom is -0.355 e. The van der Waals surface area contributed by atoms with E-state index in [0.29, 0.717) is 28.5 Å². The molecule has 1 aromatic heterocycles. The van der Waals surface area contributed by atoms with Crippen molar-refractivity contribution in [3.63, 3.8) is 0 Å². The van der Waals surface area contributed by atoms with E-state index in [1.165, 1.54) is 6.33 Å². The maximum atomic E-state index is 11.5. The predicted molar refractivity (Wildman–Crippen MR) is 71.3 cm³/mol. The first-order valence-electron chi connectivity index (χ1n) is 5.27. The molecular formula is C10H14BrClN4O. The van der Waals surface area contributed by atoms with Crippen LogP contribution in [0.2, 0.25) is 5.15 Å². The molecule has 0 spiro atoms. The first-order valence-corrected chi connectivity index (χ1v) is 6.44. The van der Waals surface area contributed by atoms with Crippen molar-refractivity contribution < 1.29 is 4.79 Å². The van der Waals surface area contributed by atoms with E-state index in [9.17, 15) is 4.79 Å². The molecule has 0 radical (unpaired) electrons. The molecule has 0 aliphatic heterocycles. The smallest absolute Gasteiger partial charge is 0.239 e. The Morgan fingerprint density at radius 3 is 2.82 bits per heavy atom. The highest BCUT2D eigenvalue weighted by molar-refractivity contribution is 9.10. The van der Waals surface area contributed by atoms with E-state index < -0.39 is 0 Å². The number of hydrogen-bond acceptors (Lipinski definition) is 4. The molecule has 5 nitrogen and oxygen atoms in total. The van der Waals surface area contributed by atoms with E-state index in [1.807, 2.05) is 18.7 Å². The number of carbonyl (C=O) groups is 1. The minimum atomic E-state index is -0.0454. The van der Waals surface area contributed by atoms with Gasteiger partial charge >= 0.3 is 0 Å². The second kappa shape index (κ2) is 6.76. The summed E-state index contributed by atoms with van der Waals surface area (Å²) in [5.41, 5.74) is 0. The van der Waals surface area contributed by atoms with Gasteiger partial charge < -0.3 is 10.2 Å². The third-order valence-electron chi connectivity index (χ3n) is 2.12. The minimum absolute atomic E-state index is 0.0454. The van der Waals surface area contributed by atoms with Crippen molar-refractivity contribution in [3.8, 4) is 0 Å². The van der Waals surface area contributed by atoms with Gasteiger partial charge in [-0.1, -0.05) is 11.6 Å². The van der Waals surface area contributed by atoms with Crippen LogP contribution in [0.5, 0.6) is 0 Å². The summed E-state index contributed by atoms with van der Waals surface area (Å²) in [5.74, 6) is 0.578. The van der Waals surface area contributed by atoms with Gasteiger partial charge in [-0.3, -0.25) is 4.79 Å². The monoisotopic (exact) mass is 320 g/mol. The van der Waals surface area contributed by atoms with Gasteiger partial charge in [-0.05, 0) is 29.8 Å². The normalized spacial score (nSPS) is 10.1. The average Bonchev–Trinajstić information content (AvgIpc) is 2.30. The lowest BCUT2D eigenvalue weighted by molar-refractivity contribution is -0.119. The van der Waals surface area contributed by atoms with Crippen molar-refractivity contribution >= 4 is 39.3 Å². The molecule has 0 unspecified atom stereocenters. The van der Waals surface area contributed by atoms with Gasteiger partial charge in [0.25, 0.3) is 0 Å². The van der Waals surface area contributed by atoms with Gasteiger partial charge in [-0.15, -0.1) is 0 Å². The fraction of sp³-hybridized carbons (Fsp3) is 0.500. The van der Waals surface area contributed by atoms with Gasteiger partial charge in [0, 0.05) is 13.1 Å². The summed E-state index contributed by atoms with van der Waals surface area (Å²) in [6.07, 6.45) is 1.38. The quantitative estimate of drug-likeness (QED) is 0.841. The number of likely N-dealkylation sites (N-methyl/N-ethyl adjacent to an activating group) is 2. The summed E-state index contributed by atoms with van der Waals surface area (Å²) in [6.45, 7) is 5.34. The van der Waals surface area contributed by atoms with E-state index in [4.69, 9.17) is 11.6 Å². The Labute approximate surface area is 114 Å². The van der Waals surface area contributed by atoms with E-state index >= 15 is 0 Å². The van der Waals surface area contributed by atoms with Crippen molar-refractivity contribution in [2.24, 2.45) is 0 Å². The van der Waals surface area contributed by atoms with Crippen LogP contribution >= 0.6 is 27.5 Å². The van der Waals surface area contributed by atoms with Crippen LogP contribution in [0.25, 0.3) is 0 Å². The average molecular weight is 322 g/mol. The molecule has 1 rings (SSSR count).